The predicted octanol–water partition coefficient (Wildman–Crippen LogP) is -0.0955. The third-order valence-corrected chi connectivity index (χ3v) is 2.85. The number of nitrogens with one attached hydrogen (secondary N) is 2. The van der Waals surface area contributed by atoms with Crippen LogP contribution in [0.3, 0.4) is 0 Å². The maximum atomic E-state index is 11.4. The van der Waals surface area contributed by atoms with Crippen molar-refractivity contribution in [3.05, 3.63) is 0 Å². The quantitative estimate of drug-likeness (QED) is 0.578. The van der Waals surface area contributed by atoms with E-state index in [1.807, 2.05) is 0 Å². The molecule has 2 N–H and O–H groups in total. The summed E-state index contributed by atoms with van der Waals surface area (Å²) < 4.78 is 10.2. The zero-order valence-corrected chi connectivity index (χ0v) is 13.7. The van der Waals surface area contributed by atoms with E-state index in [1.165, 1.54) is 0 Å². The number of hydrogen-bond acceptors (Lipinski definition) is 5. The minimum Gasteiger partial charge on any atom is -0.383 e. The molecule has 0 aliphatic carbocycles. The van der Waals surface area contributed by atoms with E-state index >= 15 is 0 Å². The highest BCUT2D eigenvalue weighted by molar-refractivity contribution is 5.85. The third-order valence-electron chi connectivity index (χ3n) is 2.85. The van der Waals surface area contributed by atoms with Crippen LogP contribution in [0, 0.1) is 0 Å². The van der Waals surface area contributed by atoms with E-state index in [2.05, 4.69) is 15.5 Å². The molecule has 0 unspecified atom stereocenters. The molecule has 0 atom stereocenters. The normalized spacial score (nSPS) is 15.1. The molecular formula is C12H27Cl2N3O3. The second-order valence-corrected chi connectivity index (χ2v) is 4.33. The maximum Gasteiger partial charge on any atom is 0.233 e. The number of rotatable bonds is 9. The standard InChI is InChI=1S/C12H25N3O3.2ClH/c1-17-8-4-13-11-12(16)14-3-2-5-15-6-9-18-10-7-15;;/h13H,2-11H2,1H3,(H,14,16);2*1H. The molecule has 0 radical (unpaired) electrons. The Morgan fingerprint density at radius 1 is 1.25 bits per heavy atom. The summed E-state index contributed by atoms with van der Waals surface area (Å²) in [6.07, 6.45) is 0.990. The Kier molecular flexibility index (Phi) is 16.9. The zero-order chi connectivity index (χ0) is 13.1. The number of carbonyl (C=O) groups excluding carboxylic acids is 1. The van der Waals surface area contributed by atoms with Crippen molar-refractivity contribution < 1.29 is 14.3 Å². The van der Waals surface area contributed by atoms with Gasteiger partial charge in [0.15, 0.2) is 0 Å². The summed E-state index contributed by atoms with van der Waals surface area (Å²) in [7, 11) is 1.65. The lowest BCUT2D eigenvalue weighted by Gasteiger charge is -2.26. The molecule has 20 heavy (non-hydrogen) atoms. The molecule has 0 aromatic heterocycles. The van der Waals surface area contributed by atoms with Crippen LogP contribution >= 0.6 is 24.8 Å². The van der Waals surface area contributed by atoms with Gasteiger partial charge in [0.2, 0.25) is 5.91 Å². The van der Waals surface area contributed by atoms with Crippen LogP contribution in [0.25, 0.3) is 0 Å². The van der Waals surface area contributed by atoms with Crippen LogP contribution < -0.4 is 10.6 Å². The van der Waals surface area contributed by atoms with E-state index in [0.717, 1.165) is 45.8 Å². The first-order valence-electron chi connectivity index (χ1n) is 6.59. The molecule has 0 saturated carbocycles. The fraction of sp³-hybridized carbons (Fsp3) is 0.917. The van der Waals surface area contributed by atoms with E-state index in [9.17, 15) is 4.79 Å². The highest BCUT2D eigenvalue weighted by Crippen LogP contribution is 1.97. The summed E-state index contributed by atoms with van der Waals surface area (Å²) in [6.45, 7) is 7.14. The molecule has 0 spiro atoms. The summed E-state index contributed by atoms with van der Waals surface area (Å²) >= 11 is 0. The minimum atomic E-state index is 0. The molecule has 6 nitrogen and oxygen atoms in total. The lowest BCUT2D eigenvalue weighted by atomic mass is 10.3. The SMILES string of the molecule is COCCNCC(=O)NCCCN1CCOCC1.Cl.Cl. The highest BCUT2D eigenvalue weighted by atomic mass is 35.5. The summed E-state index contributed by atoms with van der Waals surface area (Å²) in [5, 5.41) is 5.91. The molecule has 0 aromatic rings. The van der Waals surface area contributed by atoms with Gasteiger partial charge >= 0.3 is 0 Å². The molecular weight excluding hydrogens is 305 g/mol. The van der Waals surface area contributed by atoms with Crippen molar-refractivity contribution in [1.82, 2.24) is 15.5 Å². The molecule has 8 heteroatoms. The molecule has 122 valence electrons. The fourth-order valence-corrected chi connectivity index (χ4v) is 1.79. The van der Waals surface area contributed by atoms with Crippen LogP contribution in [-0.2, 0) is 14.3 Å². The smallest absolute Gasteiger partial charge is 0.233 e. The number of morpholine rings is 1. The van der Waals surface area contributed by atoms with Crippen molar-refractivity contribution in [2.75, 3.05) is 66.2 Å². The Hall–Kier alpha value is -0.110. The summed E-state index contributed by atoms with van der Waals surface area (Å²) in [5.41, 5.74) is 0. The van der Waals surface area contributed by atoms with Gasteiger partial charge in [-0.2, -0.15) is 0 Å². The third kappa shape index (κ3) is 11.7. The van der Waals surface area contributed by atoms with Crippen molar-refractivity contribution in [2.24, 2.45) is 0 Å². The van der Waals surface area contributed by atoms with E-state index in [-0.39, 0.29) is 30.7 Å². The van der Waals surface area contributed by atoms with E-state index in [0.29, 0.717) is 19.7 Å². The lowest BCUT2D eigenvalue weighted by Crippen LogP contribution is -2.39. The van der Waals surface area contributed by atoms with Crippen molar-refractivity contribution in [2.45, 2.75) is 6.42 Å². The number of hydrogen-bond donors (Lipinski definition) is 2. The van der Waals surface area contributed by atoms with Gasteiger partial charge in [0.1, 0.15) is 0 Å². The summed E-state index contributed by atoms with van der Waals surface area (Å²) in [5.74, 6) is 0.0491. The molecule has 1 rings (SSSR count). The Morgan fingerprint density at radius 3 is 2.60 bits per heavy atom. The van der Waals surface area contributed by atoms with Gasteiger partial charge in [-0.05, 0) is 13.0 Å². The van der Waals surface area contributed by atoms with Crippen LogP contribution in [0.4, 0.5) is 0 Å². The largest absolute Gasteiger partial charge is 0.383 e. The first-order valence-corrected chi connectivity index (χ1v) is 6.59. The van der Waals surface area contributed by atoms with Gasteiger partial charge in [0.25, 0.3) is 0 Å². The molecule has 1 aliphatic heterocycles. The number of amides is 1. The van der Waals surface area contributed by atoms with Gasteiger partial charge in [-0.15, -0.1) is 24.8 Å². The second kappa shape index (κ2) is 15.3. The van der Waals surface area contributed by atoms with Gasteiger partial charge in [-0.3, -0.25) is 9.69 Å². The van der Waals surface area contributed by atoms with E-state index in [4.69, 9.17) is 9.47 Å². The highest BCUT2D eigenvalue weighted by Gasteiger charge is 2.09. The van der Waals surface area contributed by atoms with Crippen molar-refractivity contribution >= 4 is 30.7 Å². The number of nitrogens with zero attached hydrogens (tertiary/aromatic N) is 1. The van der Waals surface area contributed by atoms with E-state index in [1.54, 1.807) is 7.11 Å². The predicted molar refractivity (Wildman–Crippen MR) is 84.1 cm³/mol. The minimum absolute atomic E-state index is 0. The molecule has 1 heterocycles. The molecule has 0 aromatic carbocycles. The van der Waals surface area contributed by atoms with Crippen LogP contribution in [-0.4, -0.2) is 77.0 Å². The summed E-state index contributed by atoms with van der Waals surface area (Å²) in [4.78, 5) is 13.8. The van der Waals surface area contributed by atoms with Crippen molar-refractivity contribution in [1.29, 1.82) is 0 Å². The van der Waals surface area contributed by atoms with Crippen LogP contribution in [0.1, 0.15) is 6.42 Å². The van der Waals surface area contributed by atoms with Gasteiger partial charge < -0.3 is 20.1 Å². The Balaban J connectivity index is 0. The van der Waals surface area contributed by atoms with Crippen molar-refractivity contribution in [3.8, 4) is 0 Å². The number of carbonyl (C=O) groups is 1. The average molecular weight is 332 g/mol. The van der Waals surface area contributed by atoms with Gasteiger partial charge in [-0.1, -0.05) is 0 Å². The van der Waals surface area contributed by atoms with Gasteiger partial charge in [0, 0.05) is 33.3 Å². The Morgan fingerprint density at radius 2 is 1.95 bits per heavy atom. The zero-order valence-electron chi connectivity index (χ0n) is 12.1. The summed E-state index contributed by atoms with van der Waals surface area (Å²) in [6, 6.07) is 0. The topological polar surface area (TPSA) is 62.8 Å². The van der Waals surface area contributed by atoms with Crippen molar-refractivity contribution in [3.63, 3.8) is 0 Å². The number of halogens is 2. The molecule has 1 aliphatic rings. The van der Waals surface area contributed by atoms with E-state index < -0.39 is 0 Å². The molecule has 1 fully saturated rings. The second-order valence-electron chi connectivity index (χ2n) is 4.33. The average Bonchev–Trinajstić information content (AvgIpc) is 2.41. The van der Waals surface area contributed by atoms with Crippen LogP contribution in [0.2, 0.25) is 0 Å². The maximum absolute atomic E-state index is 11.4. The first-order chi connectivity index (χ1) is 8.83. The van der Waals surface area contributed by atoms with Crippen LogP contribution in [0.15, 0.2) is 0 Å². The van der Waals surface area contributed by atoms with Gasteiger partial charge in [-0.25, -0.2) is 0 Å². The Labute approximate surface area is 133 Å². The number of methoxy groups -OCH3 is 1. The fourth-order valence-electron chi connectivity index (χ4n) is 1.79. The Bertz CT molecular complexity index is 230. The molecule has 1 saturated heterocycles. The first kappa shape index (κ1) is 22.2. The molecule has 0 bridgehead atoms. The lowest BCUT2D eigenvalue weighted by molar-refractivity contribution is -0.120. The van der Waals surface area contributed by atoms with Gasteiger partial charge in [0.05, 0.1) is 26.4 Å². The van der Waals surface area contributed by atoms with Crippen LogP contribution in [0.5, 0.6) is 0 Å². The molecule has 1 amide bonds. The number of ether oxygens (including phenoxy) is 2. The monoisotopic (exact) mass is 331 g/mol.